The molecule has 0 radical (unpaired) electrons. The number of benzene rings is 1. The summed E-state index contributed by atoms with van der Waals surface area (Å²) < 4.78 is 0. The van der Waals surface area contributed by atoms with Gasteiger partial charge in [-0.15, -0.1) is 0 Å². The number of nitrogens with zero attached hydrogens (tertiary/aromatic N) is 3. The number of carbonyl (C=O) groups is 7. The molecule has 23 nitrogen and oxygen atoms in total. The second-order valence-electron chi connectivity index (χ2n) is 15.7. The van der Waals surface area contributed by atoms with Crippen molar-refractivity contribution in [2.45, 2.75) is 114 Å². The van der Waals surface area contributed by atoms with Crippen LogP contribution >= 0.6 is 0 Å². The smallest absolute Gasteiger partial charge is 0.326 e. The normalized spacial score (nSPS) is 16.4. The van der Waals surface area contributed by atoms with E-state index in [4.69, 9.17) is 22.9 Å². The van der Waals surface area contributed by atoms with Crippen LogP contribution in [0.2, 0.25) is 0 Å². The number of hydrogen-bond acceptors (Lipinski definition) is 13. The van der Waals surface area contributed by atoms with E-state index >= 15 is 0 Å². The molecule has 0 spiro atoms. The Labute approximate surface area is 365 Å². The summed E-state index contributed by atoms with van der Waals surface area (Å²) in [5.41, 5.74) is 23.0. The van der Waals surface area contributed by atoms with Crippen LogP contribution in [0.5, 0.6) is 5.75 Å². The Bertz CT molecular complexity index is 1860. The van der Waals surface area contributed by atoms with Gasteiger partial charge in [0.15, 0.2) is 5.96 Å². The molecule has 1 aliphatic heterocycles. The number of carboxylic acids is 1. The molecule has 1 aromatic heterocycles. The topological polar surface area (TPSA) is 389 Å². The average Bonchev–Trinajstić information content (AvgIpc) is 3.96. The Hall–Kier alpha value is -6.33. The van der Waals surface area contributed by atoms with Crippen molar-refractivity contribution in [3.05, 3.63) is 48.0 Å². The summed E-state index contributed by atoms with van der Waals surface area (Å²) >= 11 is 0. The molecule has 23 heteroatoms. The molecule has 3 rings (SSSR count). The lowest BCUT2D eigenvalue weighted by Crippen LogP contribution is -2.61. The van der Waals surface area contributed by atoms with Gasteiger partial charge < -0.3 is 74.7 Å². The van der Waals surface area contributed by atoms with E-state index in [9.17, 15) is 48.9 Å². The summed E-state index contributed by atoms with van der Waals surface area (Å²) in [6.07, 6.45) is 4.62. The molecule has 1 aliphatic rings. The highest BCUT2D eigenvalue weighted by molar-refractivity contribution is 5.97. The molecule has 348 valence electrons. The lowest BCUT2D eigenvalue weighted by Gasteiger charge is -2.31. The van der Waals surface area contributed by atoms with Gasteiger partial charge in [-0.25, -0.2) is 9.78 Å². The Morgan fingerprint density at radius 1 is 0.857 bits per heavy atom. The van der Waals surface area contributed by atoms with E-state index in [2.05, 4.69) is 41.5 Å². The number of likely N-dealkylation sites (tertiary alicyclic amines) is 1. The number of imidazole rings is 1. The van der Waals surface area contributed by atoms with Crippen LogP contribution in [-0.4, -0.2) is 146 Å². The van der Waals surface area contributed by atoms with Crippen LogP contribution in [0.25, 0.3) is 0 Å². The average molecular weight is 886 g/mol. The van der Waals surface area contributed by atoms with Crippen molar-refractivity contribution in [3.63, 3.8) is 0 Å². The maximum atomic E-state index is 14.4. The number of aromatic hydroxyl groups is 1. The SMILES string of the molecule is CC(C)[C@H](NC(=O)[C@H](CCCCN)NC(=O)[C@@H](N)CO)C(=O)N[C@@H](Cc1ccc(O)cc1)C(=O)N[C@@H](Cc1cnc[nH]1)C(=O)N1CCC[C@H]1C(=O)N[C@@H](CCCN=C(N)N)C(=O)O. The quantitative estimate of drug-likeness (QED) is 0.0248. The standard InChI is InChI=1S/C40H63N13O10/c1-22(2)32(52-34(57)27(7-3-4-14-41)48-33(56)26(42)20-54)37(60)50-29(17-23-10-12-25(55)13-11-23)35(58)51-30(18-24-19-45-21-47-24)38(61)53-16-6-9-31(53)36(59)49-28(39(62)63)8-5-15-46-40(43)44/h10-13,19,21-22,26-32,54-55H,3-9,14-18,20,41-42H2,1-2H3,(H,45,47)(H,48,56)(H,49,59)(H,50,60)(H,51,58)(H,52,57)(H,62,63)(H4,43,44,46)/t26-,27-,28-,29-,30-,31-,32-/m0/s1. The summed E-state index contributed by atoms with van der Waals surface area (Å²) in [6, 6.07) is -2.83. The molecule has 17 N–H and O–H groups in total. The number of aliphatic carboxylic acids is 1. The molecule has 2 aromatic rings. The van der Waals surface area contributed by atoms with E-state index in [1.807, 2.05) is 0 Å². The second kappa shape index (κ2) is 25.6. The van der Waals surface area contributed by atoms with Gasteiger partial charge in [-0.3, -0.25) is 33.8 Å². The highest BCUT2D eigenvalue weighted by atomic mass is 16.4. The number of aliphatic hydroxyl groups excluding tert-OH is 1. The predicted molar refractivity (Wildman–Crippen MR) is 229 cm³/mol. The van der Waals surface area contributed by atoms with E-state index in [1.165, 1.54) is 29.6 Å². The van der Waals surface area contributed by atoms with Crippen molar-refractivity contribution in [1.29, 1.82) is 0 Å². The lowest BCUT2D eigenvalue weighted by atomic mass is 9.99. The number of aromatic nitrogens is 2. The third-order valence-corrected chi connectivity index (χ3v) is 10.4. The predicted octanol–water partition coefficient (Wildman–Crippen LogP) is -3.44. The Morgan fingerprint density at radius 2 is 1.51 bits per heavy atom. The fourth-order valence-corrected chi connectivity index (χ4v) is 6.87. The van der Waals surface area contributed by atoms with Crippen LogP contribution in [0.4, 0.5) is 0 Å². The zero-order valence-corrected chi connectivity index (χ0v) is 35.6. The fraction of sp³-hybridized carbons (Fsp3) is 0.575. The van der Waals surface area contributed by atoms with E-state index in [-0.39, 0.29) is 63.3 Å². The highest BCUT2D eigenvalue weighted by Crippen LogP contribution is 2.21. The van der Waals surface area contributed by atoms with Gasteiger partial charge in [0.2, 0.25) is 35.4 Å². The third kappa shape index (κ3) is 16.5. The molecule has 0 bridgehead atoms. The molecule has 2 heterocycles. The first kappa shape index (κ1) is 51.0. The van der Waals surface area contributed by atoms with E-state index in [0.717, 1.165) is 0 Å². The van der Waals surface area contributed by atoms with Gasteiger partial charge in [-0.1, -0.05) is 26.0 Å². The number of H-pyrrole nitrogens is 1. The first-order chi connectivity index (χ1) is 29.9. The van der Waals surface area contributed by atoms with Crippen LogP contribution in [0.1, 0.15) is 70.1 Å². The molecule has 63 heavy (non-hydrogen) atoms. The molecule has 0 unspecified atom stereocenters. The van der Waals surface area contributed by atoms with E-state index in [0.29, 0.717) is 37.1 Å². The number of phenolic OH excluding ortho intramolecular Hbond substituents is 1. The molecule has 7 atom stereocenters. The minimum Gasteiger partial charge on any atom is -0.508 e. The summed E-state index contributed by atoms with van der Waals surface area (Å²) in [5.74, 6) is -6.45. The molecule has 1 aromatic carbocycles. The number of amides is 6. The van der Waals surface area contributed by atoms with E-state index < -0.39 is 96.2 Å². The van der Waals surface area contributed by atoms with Crippen LogP contribution < -0.4 is 49.5 Å². The highest BCUT2D eigenvalue weighted by Gasteiger charge is 2.40. The van der Waals surface area contributed by atoms with Gasteiger partial charge in [0, 0.05) is 37.8 Å². The van der Waals surface area contributed by atoms with E-state index in [1.54, 1.807) is 26.0 Å². The summed E-state index contributed by atoms with van der Waals surface area (Å²) in [4.78, 5) is 107. The number of hydrogen-bond donors (Lipinski definition) is 13. The maximum Gasteiger partial charge on any atom is 0.326 e. The minimum atomic E-state index is -1.37. The fourth-order valence-electron chi connectivity index (χ4n) is 6.87. The minimum absolute atomic E-state index is 0.0117. The largest absolute Gasteiger partial charge is 0.508 e. The first-order valence-electron chi connectivity index (χ1n) is 20.9. The first-order valence-corrected chi connectivity index (χ1v) is 20.9. The molecule has 1 fully saturated rings. The number of aliphatic imine (C=N–C) groups is 1. The Morgan fingerprint density at radius 3 is 2.11 bits per heavy atom. The number of carboxylic acid groups (broad SMARTS) is 1. The summed E-state index contributed by atoms with van der Waals surface area (Å²) in [7, 11) is 0. The van der Waals surface area contributed by atoms with Crippen LogP contribution in [0.15, 0.2) is 41.8 Å². The molecule has 0 aliphatic carbocycles. The number of phenols is 1. The number of rotatable bonds is 26. The van der Waals surface area contributed by atoms with Crippen molar-refractivity contribution in [2.75, 3.05) is 26.2 Å². The van der Waals surface area contributed by atoms with Gasteiger partial charge in [0.1, 0.15) is 48.0 Å². The Kier molecular flexibility index (Phi) is 20.7. The maximum absolute atomic E-state index is 14.4. The number of aromatic amines is 1. The molecule has 6 amide bonds. The molecule has 1 saturated heterocycles. The van der Waals surface area contributed by atoms with Crippen molar-refractivity contribution in [1.82, 2.24) is 41.5 Å². The van der Waals surface area contributed by atoms with Crippen LogP contribution in [0.3, 0.4) is 0 Å². The van der Waals surface area contributed by atoms with Crippen LogP contribution in [-0.2, 0) is 46.4 Å². The number of unbranched alkanes of at least 4 members (excludes halogenated alkanes) is 1. The number of aliphatic hydroxyl groups is 1. The van der Waals surface area contributed by atoms with Crippen LogP contribution in [0, 0.1) is 5.92 Å². The summed E-state index contributed by atoms with van der Waals surface area (Å²) in [6.45, 7) is 3.26. The van der Waals surface area contributed by atoms with Gasteiger partial charge in [0.25, 0.3) is 0 Å². The second-order valence-corrected chi connectivity index (χ2v) is 15.7. The van der Waals surface area contributed by atoms with Crippen molar-refractivity contribution < 1.29 is 48.9 Å². The number of carbonyl (C=O) groups excluding carboxylic acids is 6. The Balaban J connectivity index is 1.89. The van der Waals surface area contributed by atoms with Gasteiger partial charge in [-0.05, 0) is 75.1 Å². The molecule has 0 saturated carbocycles. The van der Waals surface area contributed by atoms with Gasteiger partial charge in [0.05, 0.1) is 12.9 Å². The number of guanidine groups is 1. The summed E-state index contributed by atoms with van der Waals surface area (Å²) in [5, 5.41) is 42.3. The van der Waals surface area contributed by atoms with Crippen molar-refractivity contribution >= 4 is 47.4 Å². The van der Waals surface area contributed by atoms with Crippen molar-refractivity contribution in [2.24, 2.45) is 33.8 Å². The zero-order chi connectivity index (χ0) is 46.6. The van der Waals surface area contributed by atoms with Gasteiger partial charge in [-0.2, -0.15) is 0 Å². The number of nitrogens with two attached hydrogens (primary N) is 4. The monoisotopic (exact) mass is 885 g/mol. The molecular formula is C40H63N13O10. The third-order valence-electron chi connectivity index (χ3n) is 10.4. The zero-order valence-electron chi connectivity index (χ0n) is 35.6. The van der Waals surface area contributed by atoms with Crippen molar-refractivity contribution in [3.8, 4) is 5.75 Å². The number of nitrogens with one attached hydrogen (secondary N) is 6. The molecular weight excluding hydrogens is 823 g/mol. The lowest BCUT2D eigenvalue weighted by molar-refractivity contribution is -0.145. The van der Waals surface area contributed by atoms with Gasteiger partial charge >= 0.3 is 5.97 Å².